The molecule has 20 heavy (non-hydrogen) atoms. The maximum atomic E-state index is 11.9. The Labute approximate surface area is 116 Å². The summed E-state index contributed by atoms with van der Waals surface area (Å²) in [5, 5.41) is 17.2. The van der Waals surface area contributed by atoms with Gasteiger partial charge in [-0.05, 0) is 37.3 Å². The molecule has 1 aromatic heterocycles. The lowest BCUT2D eigenvalue weighted by molar-refractivity contribution is -0.120. The van der Waals surface area contributed by atoms with E-state index in [2.05, 4.69) is 10.5 Å². The second-order valence-corrected chi connectivity index (χ2v) is 5.44. The normalized spacial score (nSPS) is 22.2. The minimum atomic E-state index is -0.198. The molecule has 1 aliphatic rings. The van der Waals surface area contributed by atoms with Crippen molar-refractivity contribution in [3.05, 3.63) is 30.0 Å². The molecular weight excluding hydrogens is 256 g/mol. The van der Waals surface area contributed by atoms with Crippen molar-refractivity contribution >= 4 is 16.9 Å². The zero-order valence-electron chi connectivity index (χ0n) is 11.2. The number of carbonyl (C=O) groups is 1. The van der Waals surface area contributed by atoms with Gasteiger partial charge in [-0.1, -0.05) is 17.3 Å². The van der Waals surface area contributed by atoms with Crippen LogP contribution >= 0.6 is 0 Å². The fourth-order valence-corrected chi connectivity index (χ4v) is 2.77. The molecule has 3 rings (SSSR count). The molecule has 0 aliphatic heterocycles. The van der Waals surface area contributed by atoms with Crippen molar-refractivity contribution in [3.8, 4) is 0 Å². The van der Waals surface area contributed by atoms with E-state index in [1.165, 1.54) is 0 Å². The summed E-state index contributed by atoms with van der Waals surface area (Å²) in [6, 6.07) is 7.52. The molecule has 1 aromatic carbocycles. The van der Waals surface area contributed by atoms with Gasteiger partial charge in [0.25, 0.3) is 0 Å². The number of nitrogens with zero attached hydrogens (tertiary/aromatic N) is 1. The average molecular weight is 274 g/mol. The maximum absolute atomic E-state index is 11.9. The maximum Gasteiger partial charge on any atom is 0.226 e. The fourth-order valence-electron chi connectivity index (χ4n) is 2.77. The summed E-state index contributed by atoms with van der Waals surface area (Å²) in [5.74, 6) is 0.341. The summed E-state index contributed by atoms with van der Waals surface area (Å²) in [5.41, 5.74) is 1.37. The molecule has 1 heterocycles. The molecule has 1 aliphatic carbocycles. The molecule has 5 nitrogen and oxygen atoms in total. The van der Waals surface area contributed by atoms with Crippen LogP contribution < -0.4 is 5.32 Å². The summed E-state index contributed by atoms with van der Waals surface area (Å²) < 4.78 is 5.18. The van der Waals surface area contributed by atoms with E-state index in [0.717, 1.165) is 24.6 Å². The lowest BCUT2D eigenvalue weighted by atomic mass is 10.1. The summed E-state index contributed by atoms with van der Waals surface area (Å²) in [6.45, 7) is 0.631. The van der Waals surface area contributed by atoms with E-state index in [-0.39, 0.29) is 18.4 Å². The number of aliphatic hydroxyl groups excluding tert-OH is 1. The van der Waals surface area contributed by atoms with Crippen LogP contribution in [0.2, 0.25) is 0 Å². The third-order valence-electron chi connectivity index (χ3n) is 3.88. The van der Waals surface area contributed by atoms with E-state index in [1.54, 1.807) is 0 Å². The molecule has 1 amide bonds. The molecule has 2 atom stereocenters. The van der Waals surface area contributed by atoms with Crippen LogP contribution in [0.4, 0.5) is 0 Å². The summed E-state index contributed by atoms with van der Waals surface area (Å²) in [4.78, 5) is 11.9. The molecule has 0 saturated heterocycles. The Hall–Kier alpha value is -1.88. The van der Waals surface area contributed by atoms with Gasteiger partial charge in [-0.15, -0.1) is 0 Å². The number of rotatable bonds is 4. The van der Waals surface area contributed by atoms with Crippen molar-refractivity contribution < 1.29 is 14.4 Å². The Balaban J connectivity index is 1.56. The van der Waals surface area contributed by atoms with E-state index in [9.17, 15) is 9.90 Å². The highest BCUT2D eigenvalue weighted by Gasteiger charge is 2.23. The van der Waals surface area contributed by atoms with Gasteiger partial charge in [-0.2, -0.15) is 0 Å². The molecule has 0 bridgehead atoms. The second kappa shape index (κ2) is 5.63. The summed E-state index contributed by atoms with van der Waals surface area (Å²) in [6.07, 6.45) is 2.64. The third kappa shape index (κ3) is 2.82. The number of aliphatic hydroxyl groups is 1. The molecule has 106 valence electrons. The fraction of sp³-hybridized carbons (Fsp3) is 0.467. The van der Waals surface area contributed by atoms with E-state index in [4.69, 9.17) is 4.52 Å². The Morgan fingerprint density at radius 3 is 3.05 bits per heavy atom. The molecule has 2 N–H and O–H groups in total. The molecule has 1 fully saturated rings. The number of para-hydroxylation sites is 1. The van der Waals surface area contributed by atoms with Gasteiger partial charge in [0.15, 0.2) is 5.58 Å². The Morgan fingerprint density at radius 1 is 1.40 bits per heavy atom. The van der Waals surface area contributed by atoms with Gasteiger partial charge in [0, 0.05) is 11.9 Å². The van der Waals surface area contributed by atoms with Crippen molar-refractivity contribution in [2.75, 3.05) is 6.54 Å². The van der Waals surface area contributed by atoms with Crippen molar-refractivity contribution in [2.24, 2.45) is 5.92 Å². The van der Waals surface area contributed by atoms with E-state index in [1.807, 2.05) is 24.3 Å². The van der Waals surface area contributed by atoms with Crippen LogP contribution in [0, 0.1) is 5.92 Å². The zero-order valence-corrected chi connectivity index (χ0v) is 11.2. The number of nitrogens with one attached hydrogen (secondary N) is 1. The van der Waals surface area contributed by atoms with E-state index in [0.29, 0.717) is 23.7 Å². The van der Waals surface area contributed by atoms with Crippen LogP contribution in [-0.4, -0.2) is 28.8 Å². The number of carbonyl (C=O) groups excluding carboxylic acids is 1. The third-order valence-corrected chi connectivity index (χ3v) is 3.88. The van der Waals surface area contributed by atoms with Crippen LogP contribution in [-0.2, 0) is 11.2 Å². The highest BCUT2D eigenvalue weighted by molar-refractivity contribution is 5.86. The van der Waals surface area contributed by atoms with Crippen LogP contribution in [0.5, 0.6) is 0 Å². The van der Waals surface area contributed by atoms with Crippen molar-refractivity contribution in [1.29, 1.82) is 0 Å². The SMILES string of the molecule is O=C(Cc1noc2ccccc12)NCC1CCC(O)C1. The number of hydrogen-bond donors (Lipinski definition) is 2. The Morgan fingerprint density at radius 2 is 2.25 bits per heavy atom. The number of hydrogen-bond acceptors (Lipinski definition) is 4. The van der Waals surface area contributed by atoms with Gasteiger partial charge < -0.3 is 14.9 Å². The van der Waals surface area contributed by atoms with Gasteiger partial charge in [-0.3, -0.25) is 4.79 Å². The topological polar surface area (TPSA) is 75.4 Å². The smallest absolute Gasteiger partial charge is 0.226 e. The first-order chi connectivity index (χ1) is 9.72. The average Bonchev–Trinajstić information content (AvgIpc) is 3.04. The monoisotopic (exact) mass is 274 g/mol. The quantitative estimate of drug-likeness (QED) is 0.889. The summed E-state index contributed by atoms with van der Waals surface area (Å²) in [7, 11) is 0. The molecule has 0 spiro atoms. The van der Waals surface area contributed by atoms with Gasteiger partial charge in [0.2, 0.25) is 5.91 Å². The van der Waals surface area contributed by atoms with Crippen LogP contribution in [0.15, 0.2) is 28.8 Å². The van der Waals surface area contributed by atoms with Crippen LogP contribution in [0.25, 0.3) is 11.0 Å². The molecular formula is C15H18N2O3. The number of benzene rings is 1. The summed E-state index contributed by atoms with van der Waals surface area (Å²) >= 11 is 0. The first-order valence-corrected chi connectivity index (χ1v) is 7.00. The first kappa shape index (κ1) is 13.1. The van der Waals surface area contributed by atoms with Gasteiger partial charge in [0.05, 0.1) is 12.5 Å². The van der Waals surface area contributed by atoms with E-state index >= 15 is 0 Å². The van der Waals surface area contributed by atoms with Gasteiger partial charge >= 0.3 is 0 Å². The Kier molecular flexibility index (Phi) is 3.69. The van der Waals surface area contributed by atoms with Crippen molar-refractivity contribution in [1.82, 2.24) is 10.5 Å². The second-order valence-electron chi connectivity index (χ2n) is 5.44. The molecule has 5 heteroatoms. The number of aromatic nitrogens is 1. The molecule has 0 radical (unpaired) electrons. The minimum absolute atomic E-state index is 0.0505. The number of amides is 1. The minimum Gasteiger partial charge on any atom is -0.393 e. The molecule has 2 unspecified atom stereocenters. The highest BCUT2D eigenvalue weighted by atomic mass is 16.5. The van der Waals surface area contributed by atoms with Crippen molar-refractivity contribution in [3.63, 3.8) is 0 Å². The van der Waals surface area contributed by atoms with Crippen LogP contribution in [0.3, 0.4) is 0 Å². The largest absolute Gasteiger partial charge is 0.393 e. The van der Waals surface area contributed by atoms with Crippen LogP contribution in [0.1, 0.15) is 25.0 Å². The molecule has 1 saturated carbocycles. The van der Waals surface area contributed by atoms with E-state index < -0.39 is 0 Å². The van der Waals surface area contributed by atoms with Crippen molar-refractivity contribution in [2.45, 2.75) is 31.8 Å². The lowest BCUT2D eigenvalue weighted by Gasteiger charge is -2.10. The highest BCUT2D eigenvalue weighted by Crippen LogP contribution is 2.24. The first-order valence-electron chi connectivity index (χ1n) is 7.00. The van der Waals surface area contributed by atoms with Gasteiger partial charge in [-0.25, -0.2) is 0 Å². The molecule has 2 aromatic rings. The number of fused-ring (bicyclic) bond motifs is 1. The standard InChI is InChI=1S/C15H18N2O3/c18-11-6-5-10(7-11)9-16-15(19)8-13-12-3-1-2-4-14(12)20-17-13/h1-4,10-11,18H,5-9H2,(H,16,19). The lowest BCUT2D eigenvalue weighted by Crippen LogP contribution is -2.30. The predicted molar refractivity (Wildman–Crippen MR) is 74.1 cm³/mol. The van der Waals surface area contributed by atoms with Gasteiger partial charge in [0.1, 0.15) is 5.69 Å². The Bertz CT molecular complexity index is 608. The predicted octanol–water partition coefficient (Wildman–Crippen LogP) is 1.65. The zero-order chi connectivity index (χ0) is 13.9.